The zero-order valence-corrected chi connectivity index (χ0v) is 17.6. The fraction of sp³-hybridized carbons (Fsp3) is 0.0800. The molecule has 0 fully saturated rings. The summed E-state index contributed by atoms with van der Waals surface area (Å²) in [6.07, 6.45) is 0. The highest BCUT2D eigenvalue weighted by Gasteiger charge is 2.25. The van der Waals surface area contributed by atoms with E-state index in [0.29, 0.717) is 22.6 Å². The molecule has 0 bridgehead atoms. The molecule has 0 aliphatic heterocycles. The third kappa shape index (κ3) is 3.73. The molecule has 31 heavy (non-hydrogen) atoms. The van der Waals surface area contributed by atoms with Crippen LogP contribution >= 0.6 is 11.3 Å². The minimum Gasteiger partial charge on any atom is -0.422 e. The number of thiazole rings is 1. The number of hydrogen-bond acceptors (Lipinski definition) is 5. The van der Waals surface area contributed by atoms with Crippen LogP contribution in [0.4, 0.5) is 5.13 Å². The number of amides is 1. The summed E-state index contributed by atoms with van der Waals surface area (Å²) in [6, 6.07) is 24.4. The van der Waals surface area contributed by atoms with Crippen molar-refractivity contribution in [2.75, 3.05) is 4.90 Å². The van der Waals surface area contributed by atoms with E-state index < -0.39 is 11.5 Å². The molecule has 0 radical (unpaired) electrons. The van der Waals surface area contributed by atoms with Gasteiger partial charge in [-0.15, -0.1) is 0 Å². The second-order valence-electron chi connectivity index (χ2n) is 7.33. The molecule has 1 amide bonds. The number of nitrogens with zero attached hydrogens (tertiary/aromatic N) is 2. The lowest BCUT2D eigenvalue weighted by Gasteiger charge is -2.19. The smallest absolute Gasteiger partial charge is 0.349 e. The fourth-order valence-corrected chi connectivity index (χ4v) is 4.55. The first-order valence-electron chi connectivity index (χ1n) is 9.84. The van der Waals surface area contributed by atoms with Crippen molar-refractivity contribution >= 4 is 43.6 Å². The molecule has 5 aromatic rings. The number of benzene rings is 3. The zero-order valence-electron chi connectivity index (χ0n) is 16.7. The summed E-state index contributed by atoms with van der Waals surface area (Å²) >= 11 is 1.43. The van der Waals surface area contributed by atoms with Crippen LogP contribution in [0.25, 0.3) is 21.2 Å². The van der Waals surface area contributed by atoms with Crippen molar-refractivity contribution in [2.45, 2.75) is 13.5 Å². The van der Waals surface area contributed by atoms with E-state index in [1.807, 2.05) is 67.6 Å². The molecular formula is C25H18N2O3S. The van der Waals surface area contributed by atoms with Crippen LogP contribution in [-0.4, -0.2) is 10.9 Å². The predicted molar refractivity (Wildman–Crippen MR) is 124 cm³/mol. The Labute approximate surface area is 182 Å². The van der Waals surface area contributed by atoms with E-state index in [1.54, 1.807) is 23.1 Å². The van der Waals surface area contributed by atoms with Gasteiger partial charge in [0.1, 0.15) is 11.1 Å². The molecular weight excluding hydrogens is 408 g/mol. The van der Waals surface area contributed by atoms with Gasteiger partial charge in [-0.25, -0.2) is 9.78 Å². The van der Waals surface area contributed by atoms with Gasteiger partial charge < -0.3 is 4.42 Å². The highest BCUT2D eigenvalue weighted by molar-refractivity contribution is 7.22. The first-order valence-corrected chi connectivity index (χ1v) is 10.7. The van der Waals surface area contributed by atoms with Gasteiger partial charge in [0.05, 0.1) is 16.8 Å². The molecule has 0 spiro atoms. The van der Waals surface area contributed by atoms with Crippen LogP contribution in [0.2, 0.25) is 0 Å². The molecule has 0 saturated carbocycles. The maximum atomic E-state index is 13.6. The summed E-state index contributed by atoms with van der Waals surface area (Å²) in [5, 5.41) is 1.24. The molecule has 0 aliphatic carbocycles. The third-order valence-corrected chi connectivity index (χ3v) is 6.11. The minimum atomic E-state index is -0.654. The van der Waals surface area contributed by atoms with Gasteiger partial charge in [0, 0.05) is 5.39 Å². The fourth-order valence-electron chi connectivity index (χ4n) is 3.48. The summed E-state index contributed by atoms with van der Waals surface area (Å²) in [4.78, 5) is 32.5. The standard InChI is InChI=1S/C25H18N2O3S/c1-16-11-12-20-22(13-16)31-25(26-20)27(15-17-7-3-2-4-8-17)23(28)19-14-18-9-5-6-10-21(18)30-24(19)29/h2-14H,15H2,1H3. The quantitative estimate of drug-likeness (QED) is 0.353. The molecule has 2 heterocycles. The van der Waals surface area contributed by atoms with Crippen molar-refractivity contribution in [3.63, 3.8) is 0 Å². The van der Waals surface area contributed by atoms with Crippen LogP contribution in [0.1, 0.15) is 21.5 Å². The van der Waals surface area contributed by atoms with Crippen molar-refractivity contribution in [2.24, 2.45) is 0 Å². The summed E-state index contributed by atoms with van der Waals surface area (Å²) in [5.74, 6) is -0.431. The molecule has 6 heteroatoms. The van der Waals surface area contributed by atoms with Gasteiger partial charge in [-0.1, -0.05) is 65.9 Å². The SMILES string of the molecule is Cc1ccc2nc(N(Cc3ccccc3)C(=O)c3cc4ccccc4oc3=O)sc2c1. The van der Waals surface area contributed by atoms with Gasteiger partial charge in [-0.2, -0.15) is 0 Å². The lowest BCUT2D eigenvalue weighted by Crippen LogP contribution is -2.33. The molecule has 0 N–H and O–H groups in total. The van der Waals surface area contributed by atoms with Crippen LogP contribution in [0.5, 0.6) is 0 Å². The van der Waals surface area contributed by atoms with E-state index in [0.717, 1.165) is 21.3 Å². The Balaban J connectivity index is 1.63. The van der Waals surface area contributed by atoms with Gasteiger partial charge in [0.2, 0.25) is 0 Å². The second kappa shape index (κ2) is 7.81. The number of hydrogen-bond donors (Lipinski definition) is 0. The number of rotatable bonds is 4. The Morgan fingerprint density at radius 3 is 2.61 bits per heavy atom. The minimum absolute atomic E-state index is 0.00920. The number of anilines is 1. The summed E-state index contributed by atoms with van der Waals surface area (Å²) in [7, 11) is 0. The van der Waals surface area contributed by atoms with Gasteiger partial charge >= 0.3 is 5.63 Å². The van der Waals surface area contributed by atoms with E-state index in [9.17, 15) is 9.59 Å². The van der Waals surface area contributed by atoms with E-state index in [4.69, 9.17) is 4.42 Å². The molecule has 5 nitrogen and oxygen atoms in total. The molecule has 0 saturated heterocycles. The Hall–Kier alpha value is -3.77. The largest absolute Gasteiger partial charge is 0.422 e. The summed E-state index contributed by atoms with van der Waals surface area (Å²) in [5.41, 5.74) is 2.68. The first kappa shape index (κ1) is 19.2. The number of aromatic nitrogens is 1. The zero-order chi connectivity index (χ0) is 21.4. The topological polar surface area (TPSA) is 63.4 Å². The van der Waals surface area contributed by atoms with Crippen molar-refractivity contribution in [1.82, 2.24) is 4.98 Å². The predicted octanol–water partition coefficient (Wildman–Crippen LogP) is 5.56. The Morgan fingerprint density at radius 1 is 1.00 bits per heavy atom. The summed E-state index contributed by atoms with van der Waals surface area (Å²) < 4.78 is 6.40. The van der Waals surface area contributed by atoms with Crippen molar-refractivity contribution < 1.29 is 9.21 Å². The third-order valence-electron chi connectivity index (χ3n) is 5.06. The Bertz CT molecular complexity index is 1470. The van der Waals surface area contributed by atoms with Gasteiger partial charge in [-0.05, 0) is 42.3 Å². The van der Waals surface area contributed by atoms with Crippen molar-refractivity contribution in [3.8, 4) is 0 Å². The monoisotopic (exact) mass is 426 g/mol. The van der Waals surface area contributed by atoms with E-state index >= 15 is 0 Å². The van der Waals surface area contributed by atoms with Crippen LogP contribution in [0.15, 0.2) is 88.1 Å². The second-order valence-corrected chi connectivity index (χ2v) is 8.34. The van der Waals surface area contributed by atoms with Crippen LogP contribution < -0.4 is 10.5 Å². The molecule has 0 aliphatic rings. The Morgan fingerprint density at radius 2 is 1.77 bits per heavy atom. The highest BCUT2D eigenvalue weighted by Crippen LogP contribution is 2.31. The van der Waals surface area contributed by atoms with E-state index in [-0.39, 0.29) is 5.56 Å². The lowest BCUT2D eigenvalue weighted by atomic mass is 10.1. The molecule has 152 valence electrons. The lowest BCUT2D eigenvalue weighted by molar-refractivity contribution is 0.0981. The normalized spacial score (nSPS) is 11.1. The van der Waals surface area contributed by atoms with Gasteiger partial charge in [0.25, 0.3) is 5.91 Å². The average molecular weight is 426 g/mol. The van der Waals surface area contributed by atoms with Gasteiger partial charge in [-0.3, -0.25) is 9.69 Å². The van der Waals surface area contributed by atoms with Crippen LogP contribution in [0.3, 0.4) is 0 Å². The number of para-hydroxylation sites is 1. The number of fused-ring (bicyclic) bond motifs is 2. The number of aryl methyl sites for hydroxylation is 1. The Kier molecular flexibility index (Phi) is 4.84. The molecule has 0 unspecified atom stereocenters. The van der Waals surface area contributed by atoms with Crippen molar-refractivity contribution in [3.05, 3.63) is 106 Å². The molecule has 0 atom stereocenters. The van der Waals surface area contributed by atoms with E-state index in [2.05, 4.69) is 4.98 Å². The number of carbonyl (C=O) groups excluding carboxylic acids is 1. The highest BCUT2D eigenvalue weighted by atomic mass is 32.1. The maximum Gasteiger partial charge on any atom is 0.349 e. The van der Waals surface area contributed by atoms with Crippen LogP contribution in [-0.2, 0) is 6.54 Å². The average Bonchev–Trinajstić information content (AvgIpc) is 3.20. The molecule has 5 rings (SSSR count). The van der Waals surface area contributed by atoms with Crippen molar-refractivity contribution in [1.29, 1.82) is 0 Å². The molecule has 2 aromatic heterocycles. The maximum absolute atomic E-state index is 13.6. The number of carbonyl (C=O) groups is 1. The van der Waals surface area contributed by atoms with Crippen LogP contribution in [0, 0.1) is 6.92 Å². The van der Waals surface area contributed by atoms with Gasteiger partial charge in [0.15, 0.2) is 5.13 Å². The molecule has 3 aromatic carbocycles. The summed E-state index contributed by atoms with van der Waals surface area (Å²) in [6.45, 7) is 2.32. The van der Waals surface area contributed by atoms with E-state index in [1.165, 1.54) is 11.3 Å². The first-order chi connectivity index (χ1) is 15.1.